The van der Waals surface area contributed by atoms with Crippen LogP contribution in [0.5, 0.6) is 0 Å². The lowest BCUT2D eigenvalue weighted by Crippen LogP contribution is -2.26. The van der Waals surface area contributed by atoms with Crippen LogP contribution >= 0.6 is 0 Å². The molecule has 1 N–H and O–H groups in total. The summed E-state index contributed by atoms with van der Waals surface area (Å²) in [7, 11) is 0. The van der Waals surface area contributed by atoms with Crippen molar-refractivity contribution in [2.24, 2.45) is 17.8 Å². The molecule has 0 aliphatic heterocycles. The Labute approximate surface area is 125 Å². The number of hydrogen-bond donors (Lipinski definition) is 1. The lowest BCUT2D eigenvalue weighted by atomic mass is 9.67. The Hall–Kier alpha value is -0.670. The van der Waals surface area contributed by atoms with E-state index in [-0.39, 0.29) is 0 Å². The zero-order valence-corrected chi connectivity index (χ0v) is 13.7. The maximum atomic E-state index is 11.3. The Morgan fingerprint density at radius 3 is 2.60 bits per heavy atom. The third kappa shape index (κ3) is 3.32. The number of benzene rings is 1. The van der Waals surface area contributed by atoms with Gasteiger partial charge in [0.15, 0.2) is 11.1 Å². The average molecular weight is 294 g/mol. The van der Waals surface area contributed by atoms with Crippen molar-refractivity contribution < 1.29 is 8.76 Å². The van der Waals surface area contributed by atoms with Crippen molar-refractivity contribution in [3.05, 3.63) is 29.3 Å². The van der Waals surface area contributed by atoms with Gasteiger partial charge in [-0.2, -0.15) is 0 Å². The van der Waals surface area contributed by atoms with Crippen LogP contribution in [0, 0.1) is 24.7 Å². The van der Waals surface area contributed by atoms with Crippen LogP contribution in [0.15, 0.2) is 23.1 Å². The fourth-order valence-electron chi connectivity index (χ4n) is 3.69. The Kier molecular flexibility index (Phi) is 5.03. The van der Waals surface area contributed by atoms with Crippen LogP contribution in [0.4, 0.5) is 0 Å². The van der Waals surface area contributed by atoms with Gasteiger partial charge in [-0.1, -0.05) is 33.3 Å². The van der Waals surface area contributed by atoms with E-state index in [1.807, 2.05) is 12.1 Å². The molecule has 1 aromatic rings. The van der Waals surface area contributed by atoms with Crippen LogP contribution < -0.4 is 0 Å². The van der Waals surface area contributed by atoms with E-state index in [4.69, 9.17) is 0 Å². The largest absolute Gasteiger partial charge is 0.302 e. The maximum absolute atomic E-state index is 11.3. The van der Waals surface area contributed by atoms with Crippen LogP contribution in [0.25, 0.3) is 0 Å². The van der Waals surface area contributed by atoms with E-state index >= 15 is 0 Å². The molecule has 4 atom stereocenters. The molecular formula is C17H26O2S. The van der Waals surface area contributed by atoms with Gasteiger partial charge >= 0.3 is 0 Å². The molecule has 20 heavy (non-hydrogen) atoms. The second kappa shape index (κ2) is 6.40. The third-order valence-corrected chi connectivity index (χ3v) is 5.53. The Morgan fingerprint density at radius 2 is 2.00 bits per heavy atom. The highest BCUT2D eigenvalue weighted by atomic mass is 32.2. The van der Waals surface area contributed by atoms with E-state index in [2.05, 4.69) is 27.7 Å². The molecule has 1 saturated carbocycles. The van der Waals surface area contributed by atoms with Crippen LogP contribution in [-0.2, 0) is 11.1 Å². The van der Waals surface area contributed by atoms with E-state index in [9.17, 15) is 8.76 Å². The van der Waals surface area contributed by atoms with Gasteiger partial charge in [-0.05, 0) is 66.7 Å². The maximum Gasteiger partial charge on any atom is 0.186 e. The van der Waals surface area contributed by atoms with Crippen LogP contribution in [0.3, 0.4) is 0 Å². The van der Waals surface area contributed by atoms with E-state index in [0.29, 0.717) is 22.6 Å². The predicted molar refractivity (Wildman–Crippen MR) is 84.3 cm³/mol. The summed E-state index contributed by atoms with van der Waals surface area (Å²) < 4.78 is 20.7. The topological polar surface area (TPSA) is 37.3 Å². The molecule has 0 bridgehead atoms. The minimum atomic E-state index is -1.88. The van der Waals surface area contributed by atoms with E-state index in [0.717, 1.165) is 5.92 Å². The quantitative estimate of drug-likeness (QED) is 0.817. The molecule has 1 aromatic carbocycles. The lowest BCUT2D eigenvalue weighted by Gasteiger charge is -2.38. The predicted octanol–water partition coefficient (Wildman–Crippen LogP) is 4.75. The molecule has 2 nitrogen and oxygen atoms in total. The van der Waals surface area contributed by atoms with Crippen LogP contribution in [0.2, 0.25) is 0 Å². The molecule has 0 aromatic heterocycles. The molecule has 3 heteroatoms. The minimum absolute atomic E-state index is 0.530. The zero-order valence-electron chi connectivity index (χ0n) is 12.9. The van der Waals surface area contributed by atoms with Gasteiger partial charge in [0.1, 0.15) is 0 Å². The number of rotatable bonds is 3. The number of aryl methyl sites for hydroxylation is 1. The average Bonchev–Trinajstić information content (AvgIpc) is 2.38. The van der Waals surface area contributed by atoms with Gasteiger partial charge in [0.2, 0.25) is 0 Å². The van der Waals surface area contributed by atoms with E-state index in [1.54, 1.807) is 6.07 Å². The van der Waals surface area contributed by atoms with Gasteiger partial charge < -0.3 is 4.55 Å². The smallest absolute Gasteiger partial charge is 0.186 e. The van der Waals surface area contributed by atoms with Crippen molar-refractivity contribution in [2.75, 3.05) is 0 Å². The Bertz CT molecular complexity index is 496. The van der Waals surface area contributed by atoms with Crippen LogP contribution in [-0.4, -0.2) is 8.76 Å². The van der Waals surface area contributed by atoms with Crippen molar-refractivity contribution in [1.82, 2.24) is 0 Å². The minimum Gasteiger partial charge on any atom is -0.302 e. The summed E-state index contributed by atoms with van der Waals surface area (Å²) >= 11 is -1.88. The highest BCUT2D eigenvalue weighted by Gasteiger charge is 2.32. The van der Waals surface area contributed by atoms with Crippen molar-refractivity contribution in [1.29, 1.82) is 0 Å². The fourth-order valence-corrected chi connectivity index (χ4v) is 4.10. The molecule has 1 fully saturated rings. The molecule has 0 spiro atoms. The summed E-state index contributed by atoms with van der Waals surface area (Å²) in [5.41, 5.74) is 2.54. The highest BCUT2D eigenvalue weighted by molar-refractivity contribution is 7.79. The summed E-state index contributed by atoms with van der Waals surface area (Å²) in [6.07, 6.45) is 3.78. The van der Waals surface area contributed by atoms with Gasteiger partial charge in [0, 0.05) is 0 Å². The molecule has 0 radical (unpaired) electrons. The summed E-state index contributed by atoms with van der Waals surface area (Å²) in [4.78, 5) is 0.534. The highest BCUT2D eigenvalue weighted by Crippen LogP contribution is 2.45. The normalized spacial score (nSPS) is 28.6. The molecule has 0 amide bonds. The lowest BCUT2D eigenvalue weighted by molar-refractivity contribution is 0.196. The van der Waals surface area contributed by atoms with Gasteiger partial charge in [-0.15, -0.1) is 0 Å². The Morgan fingerprint density at radius 1 is 1.30 bits per heavy atom. The van der Waals surface area contributed by atoms with Crippen molar-refractivity contribution >= 4 is 11.1 Å². The molecule has 1 aliphatic carbocycles. The SMILES string of the molecule is Cc1ccc(S(=O)O)cc1C1C[C@@H](C)CCC1C(C)C. The summed E-state index contributed by atoms with van der Waals surface area (Å²) in [5, 5.41) is 0. The molecule has 112 valence electrons. The van der Waals surface area contributed by atoms with Crippen molar-refractivity contribution in [2.45, 2.75) is 57.8 Å². The second-order valence-corrected chi connectivity index (χ2v) is 7.67. The summed E-state index contributed by atoms with van der Waals surface area (Å²) in [6.45, 7) is 9.05. The van der Waals surface area contributed by atoms with Gasteiger partial charge in [-0.3, -0.25) is 0 Å². The van der Waals surface area contributed by atoms with Gasteiger partial charge in [0.05, 0.1) is 4.90 Å². The molecule has 3 unspecified atom stereocenters. The first-order valence-corrected chi connectivity index (χ1v) is 8.72. The first-order valence-electron chi connectivity index (χ1n) is 7.61. The number of hydrogen-bond acceptors (Lipinski definition) is 1. The molecule has 1 aliphatic rings. The van der Waals surface area contributed by atoms with Crippen molar-refractivity contribution in [3.8, 4) is 0 Å². The standard InChI is InChI=1S/C17H26O2S/c1-11(2)15-8-5-12(3)9-17(15)16-10-14(20(18)19)7-6-13(16)4/h6-7,10-12,15,17H,5,8-9H2,1-4H3,(H,18,19)/t12-,15?,17?/m0/s1. The molecule has 2 rings (SSSR count). The fraction of sp³-hybridized carbons (Fsp3) is 0.647. The van der Waals surface area contributed by atoms with E-state index in [1.165, 1.54) is 30.4 Å². The Balaban J connectivity index is 2.40. The first kappa shape index (κ1) is 15.7. The van der Waals surface area contributed by atoms with Crippen molar-refractivity contribution in [3.63, 3.8) is 0 Å². The van der Waals surface area contributed by atoms with Gasteiger partial charge in [-0.25, -0.2) is 4.21 Å². The van der Waals surface area contributed by atoms with Crippen LogP contribution in [0.1, 0.15) is 57.1 Å². The zero-order chi connectivity index (χ0) is 14.9. The molecular weight excluding hydrogens is 268 g/mol. The van der Waals surface area contributed by atoms with Gasteiger partial charge in [0.25, 0.3) is 0 Å². The second-order valence-electron chi connectivity index (χ2n) is 6.70. The third-order valence-electron chi connectivity index (χ3n) is 4.87. The summed E-state index contributed by atoms with van der Waals surface area (Å²) in [5.74, 6) is 2.63. The molecule has 0 heterocycles. The first-order chi connectivity index (χ1) is 9.40. The van der Waals surface area contributed by atoms with E-state index < -0.39 is 11.1 Å². The molecule has 0 saturated heterocycles. The monoisotopic (exact) mass is 294 g/mol. The summed E-state index contributed by atoms with van der Waals surface area (Å²) in [6, 6.07) is 5.73.